The Labute approximate surface area is 105 Å². The maximum absolute atomic E-state index is 13.7. The molecule has 0 N–H and O–H groups in total. The van der Waals surface area contributed by atoms with E-state index in [-0.39, 0.29) is 5.52 Å². The number of benzene rings is 1. The highest BCUT2D eigenvalue weighted by Crippen LogP contribution is 2.31. The number of aromatic nitrogens is 1. The van der Waals surface area contributed by atoms with Crippen molar-refractivity contribution in [3.8, 4) is 5.75 Å². The minimum atomic E-state index is -0.420. The number of halogens is 1. The van der Waals surface area contributed by atoms with Gasteiger partial charge in [0.15, 0.2) is 0 Å². The van der Waals surface area contributed by atoms with Crippen LogP contribution in [0.1, 0.15) is 25.1 Å². The van der Waals surface area contributed by atoms with Gasteiger partial charge in [0, 0.05) is 23.6 Å². The summed E-state index contributed by atoms with van der Waals surface area (Å²) in [6, 6.07) is 4.63. The molecule has 1 aromatic carbocycles. The Morgan fingerprint density at radius 1 is 1.44 bits per heavy atom. The second-order valence-electron chi connectivity index (χ2n) is 4.10. The third kappa shape index (κ3) is 2.06. The van der Waals surface area contributed by atoms with E-state index in [9.17, 15) is 9.18 Å². The molecule has 0 aliphatic rings. The van der Waals surface area contributed by atoms with Crippen LogP contribution in [0.4, 0.5) is 4.39 Å². The molecular formula is C14H14FNO2. The highest BCUT2D eigenvalue weighted by Gasteiger charge is 2.15. The minimum Gasteiger partial charge on any atom is -0.426 e. The zero-order chi connectivity index (χ0) is 13.3. The van der Waals surface area contributed by atoms with Crippen LogP contribution in [0.5, 0.6) is 5.75 Å². The average molecular weight is 247 g/mol. The molecule has 2 rings (SSSR count). The van der Waals surface area contributed by atoms with Gasteiger partial charge in [0.05, 0.1) is 0 Å². The molecule has 0 radical (unpaired) electrons. The van der Waals surface area contributed by atoms with Crippen molar-refractivity contribution < 1.29 is 13.9 Å². The van der Waals surface area contributed by atoms with Crippen molar-refractivity contribution in [2.75, 3.05) is 0 Å². The molecule has 18 heavy (non-hydrogen) atoms. The van der Waals surface area contributed by atoms with Crippen LogP contribution in [-0.2, 0) is 11.2 Å². The molecule has 0 saturated heterocycles. The Kier molecular flexibility index (Phi) is 3.28. The number of carbonyl (C=O) groups is 1. The molecule has 0 bridgehead atoms. The molecule has 0 saturated carbocycles. The molecular weight excluding hydrogens is 233 g/mol. The predicted molar refractivity (Wildman–Crippen MR) is 67.1 cm³/mol. The highest BCUT2D eigenvalue weighted by molar-refractivity contribution is 5.89. The first kappa shape index (κ1) is 12.5. The molecule has 4 heteroatoms. The number of para-hydroxylation sites is 1. The number of hydrogen-bond donors (Lipinski definition) is 0. The monoisotopic (exact) mass is 247 g/mol. The lowest BCUT2D eigenvalue weighted by Gasteiger charge is -2.13. The Hall–Kier alpha value is -1.97. The Balaban J connectivity index is 2.82. The van der Waals surface area contributed by atoms with Gasteiger partial charge in [0.2, 0.25) is 0 Å². The SMILES string of the molecule is CCc1nc2c(F)cccc2c(OC(C)=O)c1C. The summed E-state index contributed by atoms with van der Waals surface area (Å²) < 4.78 is 19.0. The van der Waals surface area contributed by atoms with Crippen molar-refractivity contribution in [1.82, 2.24) is 4.98 Å². The third-order valence-electron chi connectivity index (χ3n) is 2.83. The van der Waals surface area contributed by atoms with Gasteiger partial charge >= 0.3 is 5.97 Å². The van der Waals surface area contributed by atoms with Gasteiger partial charge < -0.3 is 4.74 Å². The average Bonchev–Trinajstić information content (AvgIpc) is 2.32. The summed E-state index contributed by atoms with van der Waals surface area (Å²) in [6.45, 7) is 5.09. The van der Waals surface area contributed by atoms with Crippen LogP contribution in [-0.4, -0.2) is 11.0 Å². The van der Waals surface area contributed by atoms with Crippen LogP contribution in [0, 0.1) is 12.7 Å². The summed E-state index contributed by atoms with van der Waals surface area (Å²) in [5, 5.41) is 0.528. The molecule has 0 spiro atoms. The summed E-state index contributed by atoms with van der Waals surface area (Å²) in [7, 11) is 0. The van der Waals surface area contributed by atoms with E-state index in [1.54, 1.807) is 12.1 Å². The van der Waals surface area contributed by atoms with Crippen LogP contribution in [0.25, 0.3) is 10.9 Å². The number of hydrogen-bond acceptors (Lipinski definition) is 3. The van der Waals surface area contributed by atoms with Crippen LogP contribution in [0.3, 0.4) is 0 Å². The predicted octanol–water partition coefficient (Wildman–Crippen LogP) is 3.17. The van der Waals surface area contributed by atoms with Gasteiger partial charge in [-0.15, -0.1) is 0 Å². The molecule has 0 atom stereocenters. The van der Waals surface area contributed by atoms with Crippen LogP contribution in [0.15, 0.2) is 18.2 Å². The number of pyridine rings is 1. The van der Waals surface area contributed by atoms with Crippen molar-refractivity contribution in [3.63, 3.8) is 0 Å². The van der Waals surface area contributed by atoms with E-state index in [0.717, 1.165) is 11.3 Å². The fraction of sp³-hybridized carbons (Fsp3) is 0.286. The van der Waals surface area contributed by atoms with Gasteiger partial charge in [-0.3, -0.25) is 4.79 Å². The summed E-state index contributed by atoms with van der Waals surface area (Å²) in [4.78, 5) is 15.5. The summed E-state index contributed by atoms with van der Waals surface area (Å²) in [5.41, 5.74) is 1.77. The van der Waals surface area contributed by atoms with Gasteiger partial charge in [-0.1, -0.05) is 13.0 Å². The smallest absolute Gasteiger partial charge is 0.308 e. The van der Waals surface area contributed by atoms with Crippen molar-refractivity contribution in [2.24, 2.45) is 0 Å². The first-order valence-electron chi connectivity index (χ1n) is 5.80. The first-order valence-corrected chi connectivity index (χ1v) is 5.80. The van der Waals surface area contributed by atoms with E-state index in [1.165, 1.54) is 13.0 Å². The van der Waals surface area contributed by atoms with Crippen molar-refractivity contribution in [1.29, 1.82) is 0 Å². The summed E-state index contributed by atoms with van der Waals surface area (Å²) in [6.07, 6.45) is 0.657. The van der Waals surface area contributed by atoms with Gasteiger partial charge in [0.1, 0.15) is 17.1 Å². The number of carbonyl (C=O) groups excluding carboxylic acids is 1. The number of fused-ring (bicyclic) bond motifs is 1. The molecule has 94 valence electrons. The van der Waals surface area contributed by atoms with E-state index in [4.69, 9.17) is 4.74 Å². The molecule has 1 heterocycles. The molecule has 0 aliphatic heterocycles. The Morgan fingerprint density at radius 2 is 2.17 bits per heavy atom. The molecule has 0 amide bonds. The number of esters is 1. The number of rotatable bonds is 2. The van der Waals surface area contributed by atoms with Crippen molar-refractivity contribution in [2.45, 2.75) is 27.2 Å². The Morgan fingerprint density at radius 3 is 2.78 bits per heavy atom. The number of nitrogens with zero attached hydrogens (tertiary/aromatic N) is 1. The normalized spacial score (nSPS) is 10.7. The molecule has 2 aromatic rings. The highest BCUT2D eigenvalue weighted by atomic mass is 19.1. The second kappa shape index (κ2) is 4.72. The summed E-state index contributed by atoms with van der Waals surface area (Å²) >= 11 is 0. The van der Waals surface area contributed by atoms with Gasteiger partial charge in [-0.05, 0) is 25.5 Å². The maximum Gasteiger partial charge on any atom is 0.308 e. The van der Waals surface area contributed by atoms with Gasteiger partial charge in [-0.25, -0.2) is 9.37 Å². The summed E-state index contributed by atoms with van der Waals surface area (Å²) in [5.74, 6) is -0.420. The maximum atomic E-state index is 13.7. The molecule has 0 aliphatic carbocycles. The van der Waals surface area contributed by atoms with E-state index in [2.05, 4.69) is 4.98 Å². The van der Waals surface area contributed by atoms with Crippen molar-refractivity contribution in [3.05, 3.63) is 35.3 Å². The fourth-order valence-corrected chi connectivity index (χ4v) is 1.98. The largest absolute Gasteiger partial charge is 0.426 e. The first-order chi connectivity index (χ1) is 8.54. The van der Waals surface area contributed by atoms with Crippen LogP contribution < -0.4 is 4.74 Å². The van der Waals surface area contributed by atoms with E-state index >= 15 is 0 Å². The lowest BCUT2D eigenvalue weighted by molar-refractivity contribution is -0.131. The minimum absolute atomic E-state index is 0.246. The third-order valence-corrected chi connectivity index (χ3v) is 2.83. The fourth-order valence-electron chi connectivity index (χ4n) is 1.98. The molecule has 3 nitrogen and oxygen atoms in total. The van der Waals surface area contributed by atoms with Crippen LogP contribution >= 0.6 is 0 Å². The number of ether oxygens (including phenoxy) is 1. The standard InChI is InChI=1S/C14H14FNO2/c1-4-12-8(2)14(18-9(3)17)10-6-5-7-11(15)13(10)16-12/h5-7H,4H2,1-3H3. The molecule has 0 fully saturated rings. The van der Waals surface area contributed by atoms with Gasteiger partial charge in [0.25, 0.3) is 0 Å². The van der Waals surface area contributed by atoms with Gasteiger partial charge in [-0.2, -0.15) is 0 Å². The lowest BCUT2D eigenvalue weighted by atomic mass is 10.1. The molecule has 0 unspecified atom stereocenters. The lowest BCUT2D eigenvalue weighted by Crippen LogP contribution is -2.06. The zero-order valence-corrected chi connectivity index (χ0v) is 10.6. The van der Waals surface area contributed by atoms with E-state index < -0.39 is 11.8 Å². The van der Waals surface area contributed by atoms with Crippen LogP contribution in [0.2, 0.25) is 0 Å². The van der Waals surface area contributed by atoms with Crippen molar-refractivity contribution >= 4 is 16.9 Å². The van der Waals surface area contributed by atoms with E-state index in [0.29, 0.717) is 17.6 Å². The topological polar surface area (TPSA) is 39.2 Å². The zero-order valence-electron chi connectivity index (χ0n) is 10.6. The number of aryl methyl sites for hydroxylation is 1. The quantitative estimate of drug-likeness (QED) is 0.765. The van der Waals surface area contributed by atoms with E-state index in [1.807, 2.05) is 13.8 Å². The Bertz CT molecular complexity index is 623. The second-order valence-corrected chi connectivity index (χ2v) is 4.10. The molecule has 1 aromatic heterocycles.